The Bertz CT molecular complexity index is 481. The van der Waals surface area contributed by atoms with E-state index in [0.29, 0.717) is 6.54 Å². The van der Waals surface area contributed by atoms with Crippen LogP contribution in [0, 0.1) is 0 Å². The van der Waals surface area contributed by atoms with Gasteiger partial charge in [-0.25, -0.2) is 4.98 Å². The third kappa shape index (κ3) is 3.15. The molecule has 0 aliphatic rings. The summed E-state index contributed by atoms with van der Waals surface area (Å²) in [5.74, 6) is 0.763. The van der Waals surface area contributed by atoms with Gasteiger partial charge in [-0.3, -0.25) is 5.10 Å². The second-order valence-corrected chi connectivity index (χ2v) is 4.44. The molecule has 0 aliphatic carbocycles. The molecule has 0 radical (unpaired) electrons. The number of nitrogens with zero attached hydrogens (tertiary/aromatic N) is 2. The van der Waals surface area contributed by atoms with Crippen LogP contribution < -0.4 is 5.32 Å². The van der Waals surface area contributed by atoms with E-state index in [1.165, 1.54) is 6.33 Å². The van der Waals surface area contributed by atoms with E-state index in [0.717, 1.165) is 17.0 Å². The Morgan fingerprint density at radius 1 is 1.39 bits per heavy atom. The zero-order chi connectivity index (χ0) is 13.0. The van der Waals surface area contributed by atoms with Crippen LogP contribution in [0.5, 0.6) is 0 Å². The first-order chi connectivity index (χ1) is 8.66. The van der Waals surface area contributed by atoms with E-state index in [2.05, 4.69) is 39.6 Å². The molecule has 0 spiro atoms. The summed E-state index contributed by atoms with van der Waals surface area (Å²) in [4.78, 5) is 4.13. The standard InChI is InChI=1S/C13H18N4O/c1-9(18)7-14-10(2)11-4-3-5-12(6-11)13-15-8-16-17-13/h3-6,8-10,14,18H,7H2,1-2H3,(H,15,16,17)/t9-,10?/m0/s1. The number of aliphatic hydroxyl groups is 1. The minimum Gasteiger partial charge on any atom is -0.392 e. The van der Waals surface area contributed by atoms with Crippen LogP contribution in [0.15, 0.2) is 30.6 Å². The van der Waals surface area contributed by atoms with Crippen LogP contribution in [-0.4, -0.2) is 32.9 Å². The first-order valence-electron chi connectivity index (χ1n) is 6.04. The molecule has 2 aromatic rings. The summed E-state index contributed by atoms with van der Waals surface area (Å²) in [5.41, 5.74) is 2.17. The largest absolute Gasteiger partial charge is 0.392 e. The number of aliphatic hydroxyl groups excluding tert-OH is 1. The van der Waals surface area contributed by atoms with Crippen molar-refractivity contribution in [1.29, 1.82) is 0 Å². The van der Waals surface area contributed by atoms with E-state index >= 15 is 0 Å². The molecule has 0 saturated heterocycles. The lowest BCUT2D eigenvalue weighted by Crippen LogP contribution is -2.27. The lowest BCUT2D eigenvalue weighted by Gasteiger charge is -2.16. The third-order valence-corrected chi connectivity index (χ3v) is 2.79. The Labute approximate surface area is 106 Å². The molecular formula is C13H18N4O. The van der Waals surface area contributed by atoms with E-state index in [9.17, 15) is 5.11 Å². The van der Waals surface area contributed by atoms with E-state index in [4.69, 9.17) is 0 Å². The number of nitrogens with one attached hydrogen (secondary N) is 2. The highest BCUT2D eigenvalue weighted by Gasteiger charge is 2.08. The van der Waals surface area contributed by atoms with Crippen molar-refractivity contribution in [1.82, 2.24) is 20.5 Å². The number of H-pyrrole nitrogens is 1. The Hall–Kier alpha value is -1.72. The van der Waals surface area contributed by atoms with Crippen molar-refractivity contribution < 1.29 is 5.11 Å². The Morgan fingerprint density at radius 2 is 2.22 bits per heavy atom. The van der Waals surface area contributed by atoms with Crippen LogP contribution in [0.4, 0.5) is 0 Å². The van der Waals surface area contributed by atoms with Gasteiger partial charge in [0.15, 0.2) is 5.82 Å². The van der Waals surface area contributed by atoms with Crippen LogP contribution in [0.25, 0.3) is 11.4 Å². The minimum absolute atomic E-state index is 0.183. The molecular weight excluding hydrogens is 228 g/mol. The average molecular weight is 246 g/mol. The maximum Gasteiger partial charge on any atom is 0.155 e. The van der Waals surface area contributed by atoms with Crippen LogP contribution in [0.1, 0.15) is 25.5 Å². The molecule has 1 unspecified atom stereocenters. The van der Waals surface area contributed by atoms with Gasteiger partial charge in [-0.2, -0.15) is 5.10 Å². The fraction of sp³-hybridized carbons (Fsp3) is 0.385. The predicted octanol–water partition coefficient (Wildman–Crippen LogP) is 1.50. The molecule has 0 saturated carbocycles. The molecule has 5 nitrogen and oxygen atoms in total. The van der Waals surface area contributed by atoms with Crippen molar-refractivity contribution in [3.05, 3.63) is 36.2 Å². The van der Waals surface area contributed by atoms with Gasteiger partial charge in [-0.05, 0) is 25.5 Å². The van der Waals surface area contributed by atoms with E-state index in [1.54, 1.807) is 6.92 Å². The maximum atomic E-state index is 9.27. The summed E-state index contributed by atoms with van der Waals surface area (Å²) < 4.78 is 0. The fourth-order valence-electron chi connectivity index (χ4n) is 1.77. The summed E-state index contributed by atoms with van der Waals surface area (Å²) in [6, 6.07) is 8.29. The third-order valence-electron chi connectivity index (χ3n) is 2.79. The number of benzene rings is 1. The Morgan fingerprint density at radius 3 is 2.89 bits per heavy atom. The summed E-state index contributed by atoms with van der Waals surface area (Å²) in [6.45, 7) is 4.42. The van der Waals surface area contributed by atoms with E-state index in [1.807, 2.05) is 12.1 Å². The Balaban J connectivity index is 2.12. The quantitative estimate of drug-likeness (QED) is 0.747. The normalized spacial score (nSPS) is 14.4. The molecule has 5 heteroatoms. The van der Waals surface area contributed by atoms with Gasteiger partial charge in [-0.1, -0.05) is 18.2 Å². The molecule has 0 fully saturated rings. The number of aromatic amines is 1. The van der Waals surface area contributed by atoms with Gasteiger partial charge in [0.05, 0.1) is 6.10 Å². The summed E-state index contributed by atoms with van der Waals surface area (Å²) in [7, 11) is 0. The summed E-state index contributed by atoms with van der Waals surface area (Å²) >= 11 is 0. The van der Waals surface area contributed by atoms with Gasteiger partial charge in [-0.15, -0.1) is 0 Å². The molecule has 2 atom stereocenters. The minimum atomic E-state index is -0.343. The van der Waals surface area contributed by atoms with Crippen molar-refractivity contribution in [2.24, 2.45) is 0 Å². The first-order valence-corrected chi connectivity index (χ1v) is 6.04. The number of rotatable bonds is 5. The van der Waals surface area contributed by atoms with Crippen molar-refractivity contribution in [3.63, 3.8) is 0 Å². The second-order valence-electron chi connectivity index (χ2n) is 4.44. The van der Waals surface area contributed by atoms with Crippen LogP contribution >= 0.6 is 0 Å². The molecule has 96 valence electrons. The van der Waals surface area contributed by atoms with Gasteiger partial charge < -0.3 is 10.4 Å². The molecule has 0 bridgehead atoms. The van der Waals surface area contributed by atoms with E-state index < -0.39 is 0 Å². The number of hydrogen-bond acceptors (Lipinski definition) is 4. The number of aromatic nitrogens is 3. The monoisotopic (exact) mass is 246 g/mol. The van der Waals surface area contributed by atoms with Gasteiger partial charge in [0.2, 0.25) is 0 Å². The molecule has 0 aliphatic heterocycles. The van der Waals surface area contributed by atoms with Crippen molar-refractivity contribution in [2.45, 2.75) is 26.0 Å². The van der Waals surface area contributed by atoms with Crippen molar-refractivity contribution >= 4 is 0 Å². The van der Waals surface area contributed by atoms with Gasteiger partial charge in [0, 0.05) is 18.2 Å². The molecule has 0 amide bonds. The lowest BCUT2D eigenvalue weighted by atomic mass is 10.0. The fourth-order valence-corrected chi connectivity index (χ4v) is 1.77. The highest BCUT2D eigenvalue weighted by Crippen LogP contribution is 2.19. The van der Waals surface area contributed by atoms with Crippen molar-refractivity contribution in [2.75, 3.05) is 6.54 Å². The molecule has 1 aromatic heterocycles. The maximum absolute atomic E-state index is 9.27. The summed E-state index contributed by atoms with van der Waals surface area (Å²) in [5, 5.41) is 19.2. The lowest BCUT2D eigenvalue weighted by molar-refractivity contribution is 0.187. The van der Waals surface area contributed by atoms with Crippen molar-refractivity contribution in [3.8, 4) is 11.4 Å². The molecule has 1 aromatic carbocycles. The second kappa shape index (κ2) is 5.75. The van der Waals surface area contributed by atoms with Gasteiger partial charge >= 0.3 is 0 Å². The first kappa shape index (κ1) is 12.7. The van der Waals surface area contributed by atoms with Crippen LogP contribution in [0.3, 0.4) is 0 Å². The highest BCUT2D eigenvalue weighted by atomic mass is 16.3. The molecule has 18 heavy (non-hydrogen) atoms. The topological polar surface area (TPSA) is 73.8 Å². The molecule has 1 heterocycles. The van der Waals surface area contributed by atoms with Crippen LogP contribution in [0.2, 0.25) is 0 Å². The smallest absolute Gasteiger partial charge is 0.155 e. The van der Waals surface area contributed by atoms with Gasteiger partial charge in [0.25, 0.3) is 0 Å². The SMILES string of the molecule is CC(NC[C@H](C)O)c1cccc(-c2ncn[nH]2)c1. The molecule has 2 rings (SSSR count). The Kier molecular flexibility index (Phi) is 4.07. The van der Waals surface area contributed by atoms with E-state index in [-0.39, 0.29) is 12.1 Å². The number of hydrogen-bond donors (Lipinski definition) is 3. The zero-order valence-electron chi connectivity index (χ0n) is 10.6. The molecule has 3 N–H and O–H groups in total. The highest BCUT2D eigenvalue weighted by molar-refractivity contribution is 5.55. The predicted molar refractivity (Wildman–Crippen MR) is 69.9 cm³/mol. The summed E-state index contributed by atoms with van der Waals surface area (Å²) in [6.07, 6.45) is 1.15. The van der Waals surface area contributed by atoms with Gasteiger partial charge in [0.1, 0.15) is 6.33 Å². The van der Waals surface area contributed by atoms with Crippen LogP contribution in [-0.2, 0) is 0 Å². The zero-order valence-corrected chi connectivity index (χ0v) is 10.6. The average Bonchev–Trinajstić information content (AvgIpc) is 2.90.